The lowest BCUT2D eigenvalue weighted by Gasteiger charge is -2.11. The van der Waals surface area contributed by atoms with Crippen molar-refractivity contribution in [3.05, 3.63) is 12.1 Å². The summed E-state index contributed by atoms with van der Waals surface area (Å²) in [6, 6.07) is 3.92. The van der Waals surface area contributed by atoms with Gasteiger partial charge in [0, 0.05) is 12.0 Å². The Bertz CT molecular complexity index is 361. The Morgan fingerprint density at radius 3 is 2.29 bits per heavy atom. The lowest BCUT2D eigenvalue weighted by molar-refractivity contribution is -0.118. The first-order valence-electron chi connectivity index (χ1n) is 5.94. The SMILES string of the molecule is CCC(C)Nc1ccc(NC(=O)C(C)C)nn1. The fourth-order valence-corrected chi connectivity index (χ4v) is 1.10. The summed E-state index contributed by atoms with van der Waals surface area (Å²) in [6.07, 6.45) is 1.02. The van der Waals surface area contributed by atoms with Crippen molar-refractivity contribution >= 4 is 17.5 Å². The molecule has 0 spiro atoms. The van der Waals surface area contributed by atoms with Gasteiger partial charge in [-0.1, -0.05) is 20.8 Å². The third-order valence-corrected chi connectivity index (χ3v) is 2.45. The number of carbonyl (C=O) groups is 1. The minimum atomic E-state index is -0.0604. The number of anilines is 2. The normalized spacial score (nSPS) is 12.3. The van der Waals surface area contributed by atoms with E-state index in [9.17, 15) is 4.79 Å². The van der Waals surface area contributed by atoms with E-state index < -0.39 is 0 Å². The highest BCUT2D eigenvalue weighted by Crippen LogP contribution is 2.09. The van der Waals surface area contributed by atoms with Crippen molar-refractivity contribution in [3.63, 3.8) is 0 Å². The lowest BCUT2D eigenvalue weighted by atomic mass is 10.2. The van der Waals surface area contributed by atoms with Gasteiger partial charge in [0.15, 0.2) is 5.82 Å². The van der Waals surface area contributed by atoms with E-state index in [-0.39, 0.29) is 11.8 Å². The van der Waals surface area contributed by atoms with Crippen molar-refractivity contribution in [2.24, 2.45) is 5.92 Å². The molecule has 1 atom stereocenters. The topological polar surface area (TPSA) is 66.9 Å². The number of aromatic nitrogens is 2. The molecule has 0 aliphatic rings. The highest BCUT2D eigenvalue weighted by Gasteiger charge is 2.08. The van der Waals surface area contributed by atoms with Crippen LogP contribution in [0.15, 0.2) is 12.1 Å². The van der Waals surface area contributed by atoms with Crippen LogP contribution in [0.25, 0.3) is 0 Å². The maximum atomic E-state index is 11.4. The zero-order valence-electron chi connectivity index (χ0n) is 10.8. The minimum absolute atomic E-state index is 0.0538. The molecule has 0 saturated carbocycles. The van der Waals surface area contributed by atoms with E-state index in [1.54, 1.807) is 6.07 Å². The molecule has 1 heterocycles. The van der Waals surface area contributed by atoms with Crippen LogP contribution in [0, 0.1) is 5.92 Å². The molecule has 0 saturated heterocycles. The largest absolute Gasteiger partial charge is 0.366 e. The Kier molecular flexibility index (Phi) is 4.87. The van der Waals surface area contributed by atoms with E-state index in [1.807, 2.05) is 19.9 Å². The zero-order chi connectivity index (χ0) is 12.8. The molecule has 1 aromatic rings. The molecule has 1 aromatic heterocycles. The van der Waals surface area contributed by atoms with Gasteiger partial charge in [0.25, 0.3) is 0 Å². The van der Waals surface area contributed by atoms with Crippen LogP contribution in [0.4, 0.5) is 11.6 Å². The van der Waals surface area contributed by atoms with Crippen LogP contribution in [0.5, 0.6) is 0 Å². The van der Waals surface area contributed by atoms with Gasteiger partial charge in [-0.3, -0.25) is 4.79 Å². The van der Waals surface area contributed by atoms with Crippen molar-refractivity contribution < 1.29 is 4.79 Å². The zero-order valence-corrected chi connectivity index (χ0v) is 10.8. The smallest absolute Gasteiger partial charge is 0.228 e. The fourth-order valence-electron chi connectivity index (χ4n) is 1.10. The van der Waals surface area contributed by atoms with Gasteiger partial charge < -0.3 is 10.6 Å². The van der Waals surface area contributed by atoms with Crippen LogP contribution >= 0.6 is 0 Å². The van der Waals surface area contributed by atoms with Crippen molar-refractivity contribution in [2.75, 3.05) is 10.6 Å². The summed E-state index contributed by atoms with van der Waals surface area (Å²) in [4.78, 5) is 11.4. The van der Waals surface area contributed by atoms with Crippen molar-refractivity contribution in [2.45, 2.75) is 40.2 Å². The standard InChI is InChI=1S/C12H20N4O/c1-5-9(4)13-10-6-7-11(16-15-10)14-12(17)8(2)3/h6-9H,5H2,1-4H3,(H,13,15)(H,14,16,17). The Labute approximate surface area is 102 Å². The first kappa shape index (κ1) is 13.4. The maximum Gasteiger partial charge on any atom is 0.228 e. The molecule has 1 amide bonds. The molecule has 1 unspecified atom stereocenters. The highest BCUT2D eigenvalue weighted by molar-refractivity contribution is 5.91. The predicted octanol–water partition coefficient (Wildman–Crippen LogP) is 2.28. The lowest BCUT2D eigenvalue weighted by Crippen LogP contribution is -2.19. The average Bonchev–Trinajstić information content (AvgIpc) is 2.31. The van der Waals surface area contributed by atoms with E-state index in [0.29, 0.717) is 11.9 Å². The molecule has 0 aliphatic heterocycles. The van der Waals surface area contributed by atoms with Gasteiger partial charge in [0.05, 0.1) is 0 Å². The number of hydrogen-bond donors (Lipinski definition) is 2. The van der Waals surface area contributed by atoms with Crippen molar-refractivity contribution in [1.29, 1.82) is 0 Å². The number of nitrogens with zero attached hydrogens (tertiary/aromatic N) is 2. The molecule has 2 N–H and O–H groups in total. The summed E-state index contributed by atoms with van der Waals surface area (Å²) in [5.74, 6) is 1.09. The van der Waals surface area contributed by atoms with E-state index in [2.05, 4.69) is 34.7 Å². The Morgan fingerprint density at radius 1 is 1.24 bits per heavy atom. The maximum absolute atomic E-state index is 11.4. The van der Waals surface area contributed by atoms with Crippen LogP contribution in [0.3, 0.4) is 0 Å². The summed E-state index contributed by atoms with van der Waals surface area (Å²) in [7, 11) is 0. The van der Waals surface area contributed by atoms with Crippen LogP contribution in [0.2, 0.25) is 0 Å². The minimum Gasteiger partial charge on any atom is -0.366 e. The first-order chi connectivity index (χ1) is 8.02. The number of amides is 1. The predicted molar refractivity (Wildman–Crippen MR) is 68.9 cm³/mol. The number of nitrogens with one attached hydrogen (secondary N) is 2. The molecule has 0 fully saturated rings. The number of hydrogen-bond acceptors (Lipinski definition) is 4. The van der Waals surface area contributed by atoms with E-state index >= 15 is 0 Å². The summed E-state index contributed by atoms with van der Waals surface area (Å²) in [6.45, 7) is 7.85. The van der Waals surface area contributed by atoms with E-state index in [1.165, 1.54) is 0 Å². The Morgan fingerprint density at radius 2 is 1.82 bits per heavy atom. The quantitative estimate of drug-likeness (QED) is 0.823. The number of carbonyl (C=O) groups excluding carboxylic acids is 1. The van der Waals surface area contributed by atoms with Gasteiger partial charge in [0.1, 0.15) is 5.82 Å². The summed E-state index contributed by atoms with van der Waals surface area (Å²) in [5.41, 5.74) is 0. The van der Waals surface area contributed by atoms with Crippen LogP contribution in [0.1, 0.15) is 34.1 Å². The van der Waals surface area contributed by atoms with Gasteiger partial charge >= 0.3 is 0 Å². The summed E-state index contributed by atoms with van der Waals surface area (Å²) >= 11 is 0. The second kappa shape index (κ2) is 6.18. The van der Waals surface area contributed by atoms with Crippen LogP contribution < -0.4 is 10.6 Å². The third kappa shape index (κ3) is 4.38. The third-order valence-electron chi connectivity index (χ3n) is 2.45. The molecule has 0 aromatic carbocycles. The molecule has 0 radical (unpaired) electrons. The van der Waals surface area contributed by atoms with Gasteiger partial charge in [-0.05, 0) is 25.5 Å². The highest BCUT2D eigenvalue weighted by atomic mass is 16.1. The van der Waals surface area contributed by atoms with Gasteiger partial charge in [0.2, 0.25) is 5.91 Å². The second-order valence-electron chi connectivity index (χ2n) is 4.40. The fraction of sp³-hybridized carbons (Fsp3) is 0.583. The molecule has 5 nitrogen and oxygen atoms in total. The molecule has 5 heteroatoms. The van der Waals surface area contributed by atoms with E-state index in [4.69, 9.17) is 0 Å². The molecule has 0 aliphatic carbocycles. The molecule has 0 bridgehead atoms. The van der Waals surface area contributed by atoms with Crippen molar-refractivity contribution in [1.82, 2.24) is 10.2 Å². The summed E-state index contributed by atoms with van der Waals surface area (Å²) in [5, 5.41) is 13.9. The van der Waals surface area contributed by atoms with Crippen molar-refractivity contribution in [3.8, 4) is 0 Å². The molecule has 1 rings (SSSR count). The van der Waals surface area contributed by atoms with Gasteiger partial charge in [-0.2, -0.15) is 0 Å². The Hall–Kier alpha value is -1.65. The molecule has 94 valence electrons. The Balaban J connectivity index is 2.59. The summed E-state index contributed by atoms with van der Waals surface area (Å²) < 4.78 is 0. The van der Waals surface area contributed by atoms with Gasteiger partial charge in [-0.25, -0.2) is 0 Å². The van der Waals surface area contributed by atoms with Gasteiger partial charge in [-0.15, -0.1) is 10.2 Å². The molecule has 17 heavy (non-hydrogen) atoms. The average molecular weight is 236 g/mol. The van der Waals surface area contributed by atoms with E-state index in [0.717, 1.165) is 12.2 Å². The monoisotopic (exact) mass is 236 g/mol. The number of rotatable bonds is 5. The first-order valence-corrected chi connectivity index (χ1v) is 5.94. The molecular weight excluding hydrogens is 216 g/mol. The van der Waals surface area contributed by atoms with Crippen LogP contribution in [-0.2, 0) is 4.79 Å². The molecular formula is C12H20N4O. The van der Waals surface area contributed by atoms with Crippen LogP contribution in [-0.4, -0.2) is 22.1 Å². The second-order valence-corrected chi connectivity index (χ2v) is 4.40.